The Balaban J connectivity index is 3.20. The number of aliphatic hydroxyl groups is 1. The number of carbonyl (C=O) groups is 1. The summed E-state index contributed by atoms with van der Waals surface area (Å²) in [5.41, 5.74) is 0.247. The van der Waals surface area contributed by atoms with Gasteiger partial charge in [0.15, 0.2) is 17.6 Å². The van der Waals surface area contributed by atoms with Crippen molar-refractivity contribution in [2.45, 2.75) is 13.0 Å². The molecule has 1 rings (SSSR count). The van der Waals surface area contributed by atoms with Gasteiger partial charge in [-0.1, -0.05) is 17.7 Å². The number of benzene rings is 1. The molecule has 0 saturated carbocycles. The standard InChI is InChI=1S/C12H15ClO5/c1-4-18-12(15)9(14)7-5-6-8(13)11(17-3)10(7)16-2/h5-6,9,14H,4H2,1-3H3. The van der Waals surface area contributed by atoms with Gasteiger partial charge in [-0.15, -0.1) is 0 Å². The summed E-state index contributed by atoms with van der Waals surface area (Å²) in [5, 5.41) is 10.2. The maximum atomic E-state index is 11.5. The fourth-order valence-corrected chi connectivity index (χ4v) is 1.74. The van der Waals surface area contributed by atoms with Gasteiger partial charge in [0.25, 0.3) is 0 Å². The Bertz CT molecular complexity index is 433. The maximum Gasteiger partial charge on any atom is 0.339 e. The van der Waals surface area contributed by atoms with Crippen molar-refractivity contribution in [1.82, 2.24) is 0 Å². The molecular formula is C12H15ClO5. The highest BCUT2D eigenvalue weighted by Gasteiger charge is 2.25. The van der Waals surface area contributed by atoms with Crippen molar-refractivity contribution >= 4 is 17.6 Å². The summed E-state index contributed by atoms with van der Waals surface area (Å²) in [6, 6.07) is 3.01. The third kappa shape index (κ3) is 2.86. The Hall–Kier alpha value is -1.46. The molecule has 0 spiro atoms. The fourth-order valence-electron chi connectivity index (χ4n) is 1.52. The largest absolute Gasteiger partial charge is 0.492 e. The first-order chi connectivity index (χ1) is 8.56. The Labute approximate surface area is 110 Å². The smallest absolute Gasteiger partial charge is 0.339 e. The summed E-state index contributed by atoms with van der Waals surface area (Å²) >= 11 is 5.92. The quantitative estimate of drug-likeness (QED) is 0.832. The lowest BCUT2D eigenvalue weighted by atomic mass is 10.1. The number of ether oxygens (including phenoxy) is 3. The molecule has 0 radical (unpaired) electrons. The highest BCUT2D eigenvalue weighted by atomic mass is 35.5. The van der Waals surface area contributed by atoms with E-state index >= 15 is 0 Å². The zero-order valence-electron chi connectivity index (χ0n) is 10.4. The monoisotopic (exact) mass is 274 g/mol. The fraction of sp³-hybridized carbons (Fsp3) is 0.417. The highest BCUT2D eigenvalue weighted by Crippen LogP contribution is 2.40. The van der Waals surface area contributed by atoms with Crippen LogP contribution >= 0.6 is 11.6 Å². The minimum atomic E-state index is -1.44. The second kappa shape index (κ2) is 6.47. The highest BCUT2D eigenvalue weighted by molar-refractivity contribution is 6.32. The molecule has 0 aromatic heterocycles. The average molecular weight is 275 g/mol. The van der Waals surface area contributed by atoms with Crippen LogP contribution in [0.2, 0.25) is 5.02 Å². The van der Waals surface area contributed by atoms with Crippen LogP contribution in [-0.2, 0) is 9.53 Å². The van der Waals surface area contributed by atoms with E-state index in [4.69, 9.17) is 25.8 Å². The van der Waals surface area contributed by atoms with Gasteiger partial charge in [-0.3, -0.25) is 0 Å². The number of aliphatic hydroxyl groups excluding tert-OH is 1. The van der Waals surface area contributed by atoms with Crippen LogP contribution in [0.25, 0.3) is 0 Å². The molecule has 18 heavy (non-hydrogen) atoms. The maximum absolute atomic E-state index is 11.5. The molecule has 0 aliphatic rings. The molecule has 0 heterocycles. The molecule has 0 saturated heterocycles. The summed E-state index contributed by atoms with van der Waals surface area (Å²) in [4.78, 5) is 11.5. The first kappa shape index (κ1) is 14.6. The van der Waals surface area contributed by atoms with E-state index in [0.717, 1.165) is 0 Å². The van der Waals surface area contributed by atoms with Crippen LogP contribution in [0.1, 0.15) is 18.6 Å². The van der Waals surface area contributed by atoms with Crippen molar-refractivity contribution in [2.75, 3.05) is 20.8 Å². The van der Waals surface area contributed by atoms with E-state index < -0.39 is 12.1 Å². The van der Waals surface area contributed by atoms with Crippen LogP contribution in [0.5, 0.6) is 11.5 Å². The van der Waals surface area contributed by atoms with Gasteiger partial charge < -0.3 is 19.3 Å². The molecule has 0 aliphatic carbocycles. The van der Waals surface area contributed by atoms with Crippen molar-refractivity contribution in [3.63, 3.8) is 0 Å². The topological polar surface area (TPSA) is 65.0 Å². The predicted molar refractivity (Wildman–Crippen MR) is 66.1 cm³/mol. The lowest BCUT2D eigenvalue weighted by molar-refractivity contribution is -0.153. The van der Waals surface area contributed by atoms with Gasteiger partial charge in [-0.25, -0.2) is 4.79 Å². The normalized spacial score (nSPS) is 11.8. The van der Waals surface area contributed by atoms with Crippen molar-refractivity contribution in [3.8, 4) is 11.5 Å². The van der Waals surface area contributed by atoms with E-state index in [-0.39, 0.29) is 23.7 Å². The molecule has 0 amide bonds. The number of methoxy groups -OCH3 is 2. The average Bonchev–Trinajstić information content (AvgIpc) is 2.37. The number of rotatable bonds is 5. The van der Waals surface area contributed by atoms with Crippen molar-refractivity contribution < 1.29 is 24.1 Å². The molecule has 0 bridgehead atoms. The zero-order chi connectivity index (χ0) is 13.7. The summed E-state index contributed by atoms with van der Waals surface area (Å²) in [6.45, 7) is 1.84. The second-order valence-electron chi connectivity index (χ2n) is 3.36. The molecule has 1 N–H and O–H groups in total. The molecule has 1 aromatic rings. The number of halogens is 1. The molecule has 0 aliphatic heterocycles. The van der Waals surface area contributed by atoms with Gasteiger partial charge in [0.05, 0.1) is 25.8 Å². The lowest BCUT2D eigenvalue weighted by Gasteiger charge is -2.17. The predicted octanol–water partition coefficient (Wildman–Crippen LogP) is 1.95. The van der Waals surface area contributed by atoms with E-state index in [1.165, 1.54) is 26.4 Å². The molecule has 1 aromatic carbocycles. The van der Waals surface area contributed by atoms with Crippen LogP contribution in [0, 0.1) is 0 Å². The number of hydrogen-bond acceptors (Lipinski definition) is 5. The van der Waals surface area contributed by atoms with Gasteiger partial charge in [0, 0.05) is 5.56 Å². The number of carbonyl (C=O) groups excluding carboxylic acids is 1. The molecule has 100 valence electrons. The van der Waals surface area contributed by atoms with Crippen LogP contribution in [-0.4, -0.2) is 31.9 Å². The second-order valence-corrected chi connectivity index (χ2v) is 3.76. The van der Waals surface area contributed by atoms with Gasteiger partial charge in [0.1, 0.15) is 0 Å². The van der Waals surface area contributed by atoms with Crippen molar-refractivity contribution in [1.29, 1.82) is 0 Å². The molecule has 0 fully saturated rings. The van der Waals surface area contributed by atoms with Crippen LogP contribution < -0.4 is 9.47 Å². The number of esters is 1. The van der Waals surface area contributed by atoms with Gasteiger partial charge in [0.2, 0.25) is 0 Å². The summed E-state index contributed by atoms with van der Waals surface area (Å²) in [6.07, 6.45) is -1.44. The Kier molecular flexibility index (Phi) is 5.25. The third-order valence-corrected chi connectivity index (χ3v) is 2.60. The van der Waals surface area contributed by atoms with E-state index in [1.807, 2.05) is 0 Å². The van der Waals surface area contributed by atoms with Crippen LogP contribution in [0.3, 0.4) is 0 Å². The lowest BCUT2D eigenvalue weighted by Crippen LogP contribution is -2.16. The summed E-state index contributed by atoms with van der Waals surface area (Å²) in [7, 11) is 2.82. The Morgan fingerprint density at radius 2 is 1.94 bits per heavy atom. The van der Waals surface area contributed by atoms with Crippen LogP contribution in [0.15, 0.2) is 12.1 Å². The van der Waals surface area contributed by atoms with E-state index in [9.17, 15) is 9.90 Å². The molecule has 1 atom stereocenters. The van der Waals surface area contributed by atoms with E-state index in [0.29, 0.717) is 5.02 Å². The SMILES string of the molecule is CCOC(=O)C(O)c1ccc(Cl)c(OC)c1OC. The Morgan fingerprint density at radius 1 is 1.33 bits per heavy atom. The Morgan fingerprint density at radius 3 is 2.44 bits per heavy atom. The molecular weight excluding hydrogens is 260 g/mol. The van der Waals surface area contributed by atoms with Gasteiger partial charge in [-0.2, -0.15) is 0 Å². The molecule has 6 heteroatoms. The van der Waals surface area contributed by atoms with Crippen molar-refractivity contribution in [2.24, 2.45) is 0 Å². The van der Waals surface area contributed by atoms with Gasteiger partial charge in [-0.05, 0) is 13.0 Å². The number of hydrogen-bond donors (Lipinski definition) is 1. The summed E-state index contributed by atoms with van der Waals surface area (Å²) in [5.74, 6) is -0.272. The minimum absolute atomic E-state index is 0.183. The first-order valence-corrected chi connectivity index (χ1v) is 5.69. The van der Waals surface area contributed by atoms with E-state index in [1.54, 1.807) is 6.92 Å². The first-order valence-electron chi connectivity index (χ1n) is 5.31. The molecule has 1 unspecified atom stereocenters. The third-order valence-electron chi connectivity index (χ3n) is 2.31. The minimum Gasteiger partial charge on any atom is -0.492 e. The van der Waals surface area contributed by atoms with Gasteiger partial charge >= 0.3 is 5.97 Å². The molecule has 5 nitrogen and oxygen atoms in total. The zero-order valence-corrected chi connectivity index (χ0v) is 11.2. The van der Waals surface area contributed by atoms with E-state index in [2.05, 4.69) is 0 Å². The summed E-state index contributed by atoms with van der Waals surface area (Å²) < 4.78 is 14.9. The van der Waals surface area contributed by atoms with Crippen molar-refractivity contribution in [3.05, 3.63) is 22.7 Å². The van der Waals surface area contributed by atoms with Crippen LogP contribution in [0.4, 0.5) is 0 Å².